The lowest BCUT2D eigenvalue weighted by Crippen LogP contribution is -2.56. The molecular weight excluding hydrogens is 479 g/mol. The van der Waals surface area contributed by atoms with Crippen molar-refractivity contribution in [2.24, 2.45) is 5.41 Å². The van der Waals surface area contributed by atoms with Gasteiger partial charge in [0.2, 0.25) is 23.6 Å². The van der Waals surface area contributed by atoms with Crippen LogP contribution in [0.4, 0.5) is 25.1 Å². The fourth-order valence-electron chi connectivity index (χ4n) is 4.68. The van der Waals surface area contributed by atoms with Crippen molar-refractivity contribution in [1.29, 1.82) is 0 Å². The van der Waals surface area contributed by atoms with Crippen molar-refractivity contribution in [1.82, 2.24) is 34.4 Å². The molecule has 14 heteroatoms. The number of piperazine rings is 1. The normalized spacial score (nSPS) is 20.0. The number of anilines is 2. The van der Waals surface area contributed by atoms with Crippen LogP contribution in [-0.2, 0) is 4.79 Å². The van der Waals surface area contributed by atoms with Crippen LogP contribution < -0.4 is 10.6 Å². The molecule has 0 radical (unpaired) electrons. The van der Waals surface area contributed by atoms with Crippen molar-refractivity contribution in [2.75, 3.05) is 49.9 Å². The summed E-state index contributed by atoms with van der Waals surface area (Å²) in [5.41, 5.74) is 4.31. The first-order valence-corrected chi connectivity index (χ1v) is 11.8. The zero-order valence-electron chi connectivity index (χ0n) is 20.1. The first-order valence-electron chi connectivity index (χ1n) is 11.8. The van der Waals surface area contributed by atoms with Gasteiger partial charge in [-0.05, 0) is 38.8 Å². The molecule has 0 saturated carbocycles. The maximum Gasteiger partial charge on any atom is 0.395 e. The number of nitrogen functional groups attached to an aromatic ring is 1. The van der Waals surface area contributed by atoms with E-state index in [1.54, 1.807) is 21.9 Å². The van der Waals surface area contributed by atoms with Gasteiger partial charge in [-0.25, -0.2) is 0 Å². The summed E-state index contributed by atoms with van der Waals surface area (Å²) in [4.78, 5) is 31.9. The third-order valence-corrected chi connectivity index (χ3v) is 6.83. The van der Waals surface area contributed by atoms with Crippen LogP contribution in [0.3, 0.4) is 0 Å². The highest BCUT2D eigenvalue weighted by Gasteiger charge is 2.48. The standard InChI is InChI=1S/C22H28F3N9O2/c1-21(2,22(23,24)25)13-31-8-10-32(11-9-31)17(35)14-5-3-7-33(14)19-28-18(26)34-20(29-19)27-16(30-34)15-6-4-12-36-15/h4,6,12,14H,3,5,7-11,13H2,1-2H3,(H2,26,27,28,29,30). The molecule has 36 heavy (non-hydrogen) atoms. The highest BCUT2D eigenvalue weighted by Crippen LogP contribution is 2.38. The number of amides is 1. The third-order valence-electron chi connectivity index (χ3n) is 6.83. The molecule has 0 bridgehead atoms. The molecule has 11 nitrogen and oxygen atoms in total. The van der Waals surface area contributed by atoms with Gasteiger partial charge in [0.1, 0.15) is 6.04 Å². The Labute approximate surface area is 205 Å². The van der Waals surface area contributed by atoms with Crippen molar-refractivity contribution in [3.8, 4) is 11.6 Å². The minimum atomic E-state index is -4.28. The first kappa shape index (κ1) is 24.3. The van der Waals surface area contributed by atoms with E-state index in [4.69, 9.17) is 10.2 Å². The van der Waals surface area contributed by atoms with Crippen LogP contribution in [0.25, 0.3) is 17.4 Å². The number of nitrogens with zero attached hydrogens (tertiary/aromatic N) is 8. The summed E-state index contributed by atoms with van der Waals surface area (Å²) in [5, 5.41) is 4.29. The van der Waals surface area contributed by atoms with Crippen molar-refractivity contribution < 1.29 is 22.4 Å². The van der Waals surface area contributed by atoms with Crippen LogP contribution in [0, 0.1) is 5.41 Å². The molecule has 0 aliphatic carbocycles. The quantitative estimate of drug-likeness (QED) is 0.553. The molecule has 0 aromatic carbocycles. The van der Waals surface area contributed by atoms with Crippen LogP contribution in [0.1, 0.15) is 26.7 Å². The molecule has 2 aliphatic rings. The van der Waals surface area contributed by atoms with Crippen LogP contribution >= 0.6 is 0 Å². The molecule has 2 N–H and O–H groups in total. The SMILES string of the molecule is CC(C)(CN1CCN(C(=O)C2CCCN2c2nc(N)n3nc(-c4ccco4)nc3n2)CC1)C(F)(F)F. The van der Waals surface area contributed by atoms with E-state index in [9.17, 15) is 18.0 Å². The largest absolute Gasteiger partial charge is 0.461 e. The van der Waals surface area contributed by atoms with Gasteiger partial charge in [-0.1, -0.05) is 0 Å². The molecule has 1 atom stereocenters. The van der Waals surface area contributed by atoms with Crippen LogP contribution in [0.2, 0.25) is 0 Å². The smallest absolute Gasteiger partial charge is 0.395 e. The van der Waals surface area contributed by atoms with E-state index in [1.165, 1.54) is 24.6 Å². The zero-order chi connectivity index (χ0) is 25.7. The van der Waals surface area contributed by atoms with Gasteiger partial charge in [0, 0.05) is 39.3 Å². The van der Waals surface area contributed by atoms with Gasteiger partial charge in [-0.15, -0.1) is 5.10 Å². The van der Waals surface area contributed by atoms with E-state index in [2.05, 4.69) is 20.1 Å². The number of halogens is 3. The summed E-state index contributed by atoms with van der Waals surface area (Å²) in [7, 11) is 0. The molecule has 5 rings (SSSR count). The summed E-state index contributed by atoms with van der Waals surface area (Å²) in [5.74, 6) is 1.32. The number of hydrogen-bond donors (Lipinski definition) is 1. The number of carbonyl (C=O) groups is 1. The number of hydrogen-bond acceptors (Lipinski definition) is 9. The minimum Gasteiger partial charge on any atom is -0.461 e. The van der Waals surface area contributed by atoms with Crippen molar-refractivity contribution >= 4 is 23.6 Å². The number of rotatable bonds is 5. The second kappa shape index (κ2) is 8.91. The monoisotopic (exact) mass is 507 g/mol. The topological polar surface area (TPSA) is 122 Å². The van der Waals surface area contributed by atoms with E-state index in [1.807, 2.05) is 4.90 Å². The molecular formula is C22H28F3N9O2. The fraction of sp³-hybridized carbons (Fsp3) is 0.591. The summed E-state index contributed by atoms with van der Waals surface area (Å²) < 4.78 is 46.5. The van der Waals surface area contributed by atoms with E-state index < -0.39 is 17.6 Å². The Kier molecular flexibility index (Phi) is 6.01. The average molecular weight is 508 g/mol. The van der Waals surface area contributed by atoms with E-state index in [0.717, 1.165) is 6.42 Å². The van der Waals surface area contributed by atoms with E-state index in [-0.39, 0.29) is 24.2 Å². The number of carbonyl (C=O) groups excluding carboxylic acids is 1. The summed E-state index contributed by atoms with van der Waals surface area (Å²) in [6.07, 6.45) is -1.37. The molecule has 1 amide bonds. The number of furan rings is 1. The molecule has 2 fully saturated rings. The molecule has 3 aromatic heterocycles. The molecule has 2 saturated heterocycles. The average Bonchev–Trinajstić information content (AvgIpc) is 3.58. The molecule has 1 unspecified atom stereocenters. The predicted octanol–water partition coefficient (Wildman–Crippen LogP) is 2.06. The Bertz CT molecular complexity index is 1230. The van der Waals surface area contributed by atoms with Gasteiger partial charge < -0.3 is 20.0 Å². The number of alkyl halides is 3. The second-order valence-corrected chi connectivity index (χ2v) is 9.84. The maximum absolute atomic E-state index is 13.4. The van der Waals surface area contributed by atoms with Gasteiger partial charge in [-0.2, -0.15) is 32.6 Å². The predicted molar refractivity (Wildman–Crippen MR) is 124 cm³/mol. The highest BCUT2D eigenvalue weighted by atomic mass is 19.4. The minimum absolute atomic E-state index is 0.0815. The zero-order valence-corrected chi connectivity index (χ0v) is 20.1. The van der Waals surface area contributed by atoms with E-state index >= 15 is 0 Å². The highest BCUT2D eigenvalue weighted by molar-refractivity contribution is 5.85. The van der Waals surface area contributed by atoms with Crippen LogP contribution in [-0.4, -0.2) is 91.8 Å². The second-order valence-electron chi connectivity index (χ2n) is 9.84. The van der Waals surface area contributed by atoms with Crippen LogP contribution in [0.5, 0.6) is 0 Å². The molecule has 2 aliphatic heterocycles. The first-order chi connectivity index (χ1) is 17.0. The molecule has 194 valence electrons. The Hall–Kier alpha value is -3.42. The van der Waals surface area contributed by atoms with Crippen molar-refractivity contribution in [3.05, 3.63) is 18.4 Å². The van der Waals surface area contributed by atoms with Gasteiger partial charge in [0.05, 0.1) is 11.7 Å². The van der Waals surface area contributed by atoms with Crippen LogP contribution in [0.15, 0.2) is 22.8 Å². The van der Waals surface area contributed by atoms with Gasteiger partial charge in [0.25, 0.3) is 5.78 Å². The fourth-order valence-corrected chi connectivity index (χ4v) is 4.68. The number of fused-ring (bicyclic) bond motifs is 1. The summed E-state index contributed by atoms with van der Waals surface area (Å²) in [6.45, 7) is 4.41. The van der Waals surface area contributed by atoms with E-state index in [0.29, 0.717) is 56.7 Å². The summed E-state index contributed by atoms with van der Waals surface area (Å²) in [6, 6.07) is 2.97. The molecule has 5 heterocycles. The van der Waals surface area contributed by atoms with Crippen molar-refractivity contribution in [3.63, 3.8) is 0 Å². The Morgan fingerprint density at radius 2 is 1.89 bits per heavy atom. The molecule has 0 spiro atoms. The lowest BCUT2D eigenvalue weighted by molar-refractivity contribution is -0.217. The lowest BCUT2D eigenvalue weighted by Gasteiger charge is -2.40. The Morgan fingerprint density at radius 3 is 2.56 bits per heavy atom. The third kappa shape index (κ3) is 4.45. The molecule has 3 aromatic rings. The Morgan fingerprint density at radius 1 is 1.14 bits per heavy atom. The number of aromatic nitrogens is 5. The van der Waals surface area contributed by atoms with Gasteiger partial charge in [0.15, 0.2) is 5.76 Å². The maximum atomic E-state index is 13.4. The van der Waals surface area contributed by atoms with Gasteiger partial charge in [-0.3, -0.25) is 9.69 Å². The summed E-state index contributed by atoms with van der Waals surface area (Å²) >= 11 is 0. The Balaban J connectivity index is 1.28. The number of nitrogens with two attached hydrogens (primary N) is 1. The van der Waals surface area contributed by atoms with Crippen molar-refractivity contribution in [2.45, 2.75) is 38.9 Å². The van der Waals surface area contributed by atoms with Gasteiger partial charge >= 0.3 is 6.18 Å². The lowest BCUT2D eigenvalue weighted by atomic mass is 9.91.